The van der Waals surface area contributed by atoms with E-state index in [4.69, 9.17) is 9.47 Å². The van der Waals surface area contributed by atoms with Gasteiger partial charge in [-0.15, -0.1) is 0 Å². The summed E-state index contributed by atoms with van der Waals surface area (Å²) in [7, 11) is 0. The first-order valence-electron chi connectivity index (χ1n) is 22.2. The third kappa shape index (κ3) is 8.40. The first-order valence-corrected chi connectivity index (χ1v) is 22.2. The Hall–Kier alpha value is -9.29. The van der Waals surface area contributed by atoms with E-state index in [0.29, 0.717) is 22.6 Å². The number of hydrogen-bond donors (Lipinski definition) is 0. The predicted octanol–water partition coefficient (Wildman–Crippen LogP) is 12.4. The normalized spacial score (nSPS) is 13.9. The SMILES string of the molecule is O=C1Oc2cccc(c2)C(c2ccccc2)(c2ccccc2)C#Cc2ccc(cc2)C#CC(c2ccccc2)(c2ccccc2)c2cccc(c2)OC(=O)c2ccc(cc2)C(=O)c2ccc1cc2. The number of hydrogen-bond acceptors (Lipinski definition) is 5. The van der Waals surface area contributed by atoms with Crippen molar-refractivity contribution in [3.05, 3.63) is 309 Å². The van der Waals surface area contributed by atoms with Crippen LogP contribution in [0.5, 0.6) is 11.5 Å². The van der Waals surface area contributed by atoms with Gasteiger partial charge in [0.15, 0.2) is 5.78 Å². The van der Waals surface area contributed by atoms with Gasteiger partial charge in [-0.05, 0) is 106 Å². The molecule has 0 saturated carbocycles. The maximum absolute atomic E-state index is 13.7. The molecule has 9 aromatic carbocycles. The zero-order valence-corrected chi connectivity index (χ0v) is 36.6. The number of rotatable bonds is 4. The largest absolute Gasteiger partial charge is 0.423 e. The van der Waals surface area contributed by atoms with Gasteiger partial charge in [0.2, 0.25) is 0 Å². The number of ketones is 1. The predicted molar refractivity (Wildman–Crippen MR) is 265 cm³/mol. The monoisotopic (exact) mass is 876 g/mol. The average Bonchev–Trinajstić information content (AvgIpc) is 3.40. The highest BCUT2D eigenvalue weighted by Gasteiger charge is 2.37. The van der Waals surface area contributed by atoms with E-state index in [1.807, 2.05) is 133 Å². The molecule has 0 saturated heterocycles. The van der Waals surface area contributed by atoms with Gasteiger partial charge in [0.05, 0.1) is 11.1 Å². The molecule has 0 unspecified atom stereocenters. The molecule has 0 atom stereocenters. The summed E-state index contributed by atoms with van der Waals surface area (Å²) in [6.07, 6.45) is 0. The highest BCUT2D eigenvalue weighted by atomic mass is 16.5. The second-order valence-electron chi connectivity index (χ2n) is 16.4. The first kappa shape index (κ1) is 42.6. The third-order valence-electron chi connectivity index (χ3n) is 12.2. The summed E-state index contributed by atoms with van der Waals surface area (Å²) in [6.45, 7) is 0. The Bertz CT molecular complexity index is 3100. The molecule has 4 aliphatic rings. The molecular formula is C63H40O5. The Labute approximate surface area is 395 Å². The van der Waals surface area contributed by atoms with Crippen LogP contribution in [0.2, 0.25) is 0 Å². The Morgan fingerprint density at radius 3 is 0.912 bits per heavy atom. The van der Waals surface area contributed by atoms with Gasteiger partial charge < -0.3 is 9.47 Å². The minimum Gasteiger partial charge on any atom is -0.423 e. The summed E-state index contributed by atoms with van der Waals surface area (Å²) in [4.78, 5) is 41.0. The Morgan fingerprint density at radius 1 is 0.294 bits per heavy atom. The lowest BCUT2D eigenvalue weighted by atomic mass is 9.69. The Kier molecular flexibility index (Phi) is 11.7. The van der Waals surface area contributed by atoms with Gasteiger partial charge in [0.25, 0.3) is 0 Å². The van der Waals surface area contributed by atoms with Crippen molar-refractivity contribution in [3.63, 3.8) is 0 Å². The van der Waals surface area contributed by atoms with E-state index in [1.54, 1.807) is 60.7 Å². The van der Waals surface area contributed by atoms with Crippen LogP contribution in [0.15, 0.2) is 243 Å². The van der Waals surface area contributed by atoms with Crippen molar-refractivity contribution in [2.75, 3.05) is 0 Å². The third-order valence-corrected chi connectivity index (χ3v) is 12.2. The summed E-state index contributed by atoms with van der Waals surface area (Å²) in [5, 5.41) is 0. The van der Waals surface area contributed by atoms with Crippen LogP contribution < -0.4 is 9.47 Å². The molecular weight excluding hydrogens is 837 g/mol. The Balaban J connectivity index is 1.15. The van der Waals surface area contributed by atoms with Crippen molar-refractivity contribution in [3.8, 4) is 35.2 Å². The highest BCUT2D eigenvalue weighted by molar-refractivity contribution is 6.09. The highest BCUT2D eigenvalue weighted by Crippen LogP contribution is 2.42. The van der Waals surface area contributed by atoms with Crippen LogP contribution in [-0.2, 0) is 10.8 Å². The quantitative estimate of drug-likeness (QED) is 0.100. The number of benzene rings is 9. The maximum atomic E-state index is 13.7. The molecule has 0 aliphatic carbocycles. The fourth-order valence-electron chi connectivity index (χ4n) is 8.75. The van der Waals surface area contributed by atoms with Crippen molar-refractivity contribution >= 4 is 17.7 Å². The number of carbonyl (C=O) groups is 3. The van der Waals surface area contributed by atoms with Crippen molar-refractivity contribution in [2.45, 2.75) is 10.8 Å². The van der Waals surface area contributed by atoms with Crippen molar-refractivity contribution < 1.29 is 23.9 Å². The summed E-state index contributed by atoms with van der Waals surface area (Å²) in [6, 6.07) is 75.9. The average molecular weight is 877 g/mol. The molecule has 0 N–H and O–H groups in total. The number of fused-ring (bicyclic) bond motifs is 3. The van der Waals surface area contributed by atoms with Gasteiger partial charge >= 0.3 is 11.9 Å². The second kappa shape index (κ2) is 18.7. The van der Waals surface area contributed by atoms with Crippen LogP contribution in [-0.4, -0.2) is 17.7 Å². The second-order valence-corrected chi connectivity index (χ2v) is 16.4. The molecule has 13 rings (SSSR count). The van der Waals surface area contributed by atoms with E-state index in [-0.39, 0.29) is 16.9 Å². The van der Waals surface area contributed by atoms with Crippen LogP contribution in [0.25, 0.3) is 0 Å². The molecule has 0 radical (unpaired) electrons. The summed E-state index contributed by atoms with van der Waals surface area (Å²) < 4.78 is 12.0. The van der Waals surface area contributed by atoms with E-state index < -0.39 is 22.8 Å². The summed E-state index contributed by atoms with van der Waals surface area (Å²) >= 11 is 0. The van der Waals surface area contributed by atoms with Gasteiger partial charge in [0.1, 0.15) is 22.3 Å². The first-order chi connectivity index (χ1) is 33.4. The van der Waals surface area contributed by atoms with Crippen molar-refractivity contribution in [1.82, 2.24) is 0 Å². The zero-order valence-electron chi connectivity index (χ0n) is 36.6. The molecule has 0 amide bonds. The molecule has 322 valence electrons. The van der Waals surface area contributed by atoms with Gasteiger partial charge in [-0.3, -0.25) is 4.79 Å². The lowest BCUT2D eigenvalue weighted by Gasteiger charge is -2.31. The molecule has 4 aliphatic heterocycles. The number of esters is 2. The van der Waals surface area contributed by atoms with Crippen molar-refractivity contribution in [2.24, 2.45) is 0 Å². The molecule has 9 aromatic rings. The van der Waals surface area contributed by atoms with Crippen molar-refractivity contribution in [1.29, 1.82) is 0 Å². The minimum atomic E-state index is -0.987. The topological polar surface area (TPSA) is 69.7 Å². The van der Waals surface area contributed by atoms with E-state index in [1.165, 1.54) is 0 Å². The summed E-state index contributed by atoms with van der Waals surface area (Å²) in [5.74, 6) is 13.7. The van der Waals surface area contributed by atoms with E-state index in [2.05, 4.69) is 72.2 Å². The maximum Gasteiger partial charge on any atom is 0.343 e. The number of carbonyl (C=O) groups excluding carboxylic acids is 3. The van der Waals surface area contributed by atoms with Gasteiger partial charge in [-0.25, -0.2) is 9.59 Å². The fourth-order valence-corrected chi connectivity index (χ4v) is 8.75. The van der Waals surface area contributed by atoms with Gasteiger partial charge in [-0.1, -0.05) is 194 Å². The van der Waals surface area contributed by atoms with Crippen LogP contribution >= 0.6 is 0 Å². The van der Waals surface area contributed by atoms with E-state index >= 15 is 0 Å². The lowest BCUT2D eigenvalue weighted by Crippen LogP contribution is -2.28. The molecule has 68 heavy (non-hydrogen) atoms. The fraction of sp³-hybridized carbons (Fsp3) is 0.0317. The Morgan fingerprint density at radius 2 is 0.588 bits per heavy atom. The zero-order chi connectivity index (χ0) is 46.3. The standard InChI is InChI=1S/C63H40O5/c64-59-47-31-35-49(36-32-47)60(65)67-57-25-13-23-55(43-57)62(51-15-5-1-6-16-51,52-17-7-2-8-18-52)41-39-45-27-29-46(30-28-45)40-42-63(53-19-9-3-10-20-53,54-21-11-4-12-22-54)56-24-14-26-58(44-56)68-61(66)50-37-33-48(59)34-38-50/h1-38,43-44H. The van der Waals surface area contributed by atoms with Gasteiger partial charge in [0, 0.05) is 22.3 Å². The molecule has 4 heterocycles. The van der Waals surface area contributed by atoms with E-state index in [0.717, 1.165) is 44.5 Å². The van der Waals surface area contributed by atoms with Gasteiger partial charge in [-0.2, -0.15) is 0 Å². The van der Waals surface area contributed by atoms with E-state index in [9.17, 15) is 14.4 Å². The molecule has 0 fully saturated rings. The minimum absolute atomic E-state index is 0.271. The number of ether oxygens (including phenoxy) is 2. The van der Waals surface area contributed by atoms with Crippen LogP contribution in [0.3, 0.4) is 0 Å². The summed E-state index contributed by atoms with van der Waals surface area (Å²) in [5.41, 5.74) is 6.22. The molecule has 5 nitrogen and oxygen atoms in total. The van der Waals surface area contributed by atoms with Crippen LogP contribution in [0.1, 0.15) is 81.1 Å². The molecule has 10 bridgehead atoms. The van der Waals surface area contributed by atoms with Crippen LogP contribution in [0.4, 0.5) is 0 Å². The molecule has 0 aromatic heterocycles. The molecule has 5 heteroatoms. The molecule has 0 spiro atoms. The van der Waals surface area contributed by atoms with Crippen LogP contribution in [0, 0.1) is 23.7 Å². The lowest BCUT2D eigenvalue weighted by molar-refractivity contribution is 0.0725. The smallest absolute Gasteiger partial charge is 0.343 e.